The van der Waals surface area contributed by atoms with Gasteiger partial charge in [0.05, 0.1) is 0 Å². The smallest absolute Gasteiger partial charge is 0.267 e. The molecule has 0 spiro atoms. The van der Waals surface area contributed by atoms with Crippen LogP contribution < -0.4 is 10.6 Å². The number of piperazine rings is 1. The van der Waals surface area contributed by atoms with E-state index in [0.717, 1.165) is 45.0 Å². The summed E-state index contributed by atoms with van der Waals surface area (Å²) in [4.78, 5) is 20.4. The lowest BCUT2D eigenvalue weighted by Crippen LogP contribution is -2.46. The molecule has 0 radical (unpaired) electrons. The minimum Gasteiger partial charge on any atom is -0.364 e. The molecule has 0 aliphatic carbocycles. The Morgan fingerprint density at radius 3 is 2.31 bits per heavy atom. The van der Waals surface area contributed by atoms with E-state index in [1.165, 1.54) is 11.1 Å². The molecule has 0 unspecified atom stereocenters. The molecule has 1 aliphatic rings. The Morgan fingerprint density at radius 1 is 1.04 bits per heavy atom. The van der Waals surface area contributed by atoms with Crippen molar-refractivity contribution in [3.05, 3.63) is 59.3 Å². The second kappa shape index (κ2) is 8.32. The number of hydrogen-bond donors (Lipinski definition) is 1. The minimum absolute atomic E-state index is 0.325. The van der Waals surface area contributed by atoms with Crippen LogP contribution in [0.15, 0.2) is 42.5 Å². The van der Waals surface area contributed by atoms with E-state index in [4.69, 9.17) is 5.73 Å². The van der Waals surface area contributed by atoms with E-state index < -0.39 is 5.91 Å². The maximum absolute atomic E-state index is 11.3. The largest absolute Gasteiger partial charge is 0.364 e. The quantitative estimate of drug-likeness (QED) is 0.868. The Balaban J connectivity index is 1.54. The molecule has 5 nitrogen and oxygen atoms in total. The maximum Gasteiger partial charge on any atom is 0.267 e. The molecule has 0 bridgehead atoms. The Hall–Kier alpha value is -2.40. The predicted molar refractivity (Wildman–Crippen MR) is 105 cm³/mol. The van der Waals surface area contributed by atoms with Crippen molar-refractivity contribution in [1.29, 1.82) is 0 Å². The van der Waals surface area contributed by atoms with Crippen LogP contribution in [-0.4, -0.2) is 42.0 Å². The molecule has 1 aromatic heterocycles. The zero-order chi connectivity index (χ0) is 18.5. The summed E-state index contributed by atoms with van der Waals surface area (Å²) >= 11 is 0. The number of nitrogens with zero attached hydrogens (tertiary/aromatic N) is 3. The van der Waals surface area contributed by atoms with Gasteiger partial charge in [-0.3, -0.25) is 9.69 Å². The van der Waals surface area contributed by atoms with Crippen LogP contribution in [0.25, 0.3) is 0 Å². The maximum atomic E-state index is 11.3. The molecule has 1 aliphatic heterocycles. The lowest BCUT2D eigenvalue weighted by molar-refractivity contribution is 0.0995. The number of benzene rings is 1. The topological polar surface area (TPSA) is 62.5 Å². The van der Waals surface area contributed by atoms with E-state index in [-0.39, 0.29) is 0 Å². The fourth-order valence-electron chi connectivity index (χ4n) is 3.38. The Kier molecular flexibility index (Phi) is 5.89. The lowest BCUT2D eigenvalue weighted by atomic mass is 10.0. The normalized spacial score (nSPS) is 15.4. The van der Waals surface area contributed by atoms with E-state index in [0.29, 0.717) is 11.6 Å². The van der Waals surface area contributed by atoms with Gasteiger partial charge in [-0.2, -0.15) is 0 Å². The number of carbonyl (C=O) groups excluding carboxylic acids is 1. The summed E-state index contributed by atoms with van der Waals surface area (Å²) < 4.78 is 0. The van der Waals surface area contributed by atoms with Crippen LogP contribution in [0.4, 0.5) is 5.82 Å². The zero-order valence-corrected chi connectivity index (χ0v) is 15.7. The van der Waals surface area contributed by atoms with Crippen molar-refractivity contribution < 1.29 is 4.79 Å². The molecule has 1 amide bonds. The van der Waals surface area contributed by atoms with Crippen molar-refractivity contribution in [2.24, 2.45) is 11.7 Å². The summed E-state index contributed by atoms with van der Waals surface area (Å²) in [6.45, 7) is 9.25. The molecule has 0 saturated carbocycles. The number of primary amides is 1. The molecule has 3 rings (SSSR count). The van der Waals surface area contributed by atoms with Crippen LogP contribution in [0, 0.1) is 5.92 Å². The number of carbonyl (C=O) groups is 1. The van der Waals surface area contributed by atoms with Crippen molar-refractivity contribution >= 4 is 11.7 Å². The predicted octanol–water partition coefficient (Wildman–Crippen LogP) is 2.70. The second-order valence-corrected chi connectivity index (χ2v) is 7.42. The molecule has 1 saturated heterocycles. The Morgan fingerprint density at radius 2 is 1.69 bits per heavy atom. The number of pyridine rings is 1. The highest BCUT2D eigenvalue weighted by molar-refractivity contribution is 5.91. The number of rotatable bonds is 6. The standard InChI is InChI=1S/C21H28N4O/c1-16(2)14-17-6-8-18(9-7-17)15-24-10-12-25(13-11-24)20-5-3-4-19(23-20)21(22)26/h3-9,16H,10-15H2,1-2H3,(H2,22,26). The van der Waals surface area contributed by atoms with Crippen molar-refractivity contribution in [2.45, 2.75) is 26.8 Å². The molecule has 138 valence electrons. The van der Waals surface area contributed by atoms with Crippen LogP contribution in [0.5, 0.6) is 0 Å². The molecular formula is C21H28N4O. The summed E-state index contributed by atoms with van der Waals surface area (Å²) in [6.07, 6.45) is 1.14. The van der Waals surface area contributed by atoms with Crippen LogP contribution in [0.2, 0.25) is 0 Å². The van der Waals surface area contributed by atoms with Gasteiger partial charge in [0.1, 0.15) is 11.5 Å². The molecule has 1 aromatic carbocycles. The van der Waals surface area contributed by atoms with E-state index >= 15 is 0 Å². The lowest BCUT2D eigenvalue weighted by Gasteiger charge is -2.35. The van der Waals surface area contributed by atoms with Crippen molar-refractivity contribution in [1.82, 2.24) is 9.88 Å². The second-order valence-electron chi connectivity index (χ2n) is 7.42. The third-order valence-corrected chi connectivity index (χ3v) is 4.76. The zero-order valence-electron chi connectivity index (χ0n) is 15.7. The molecule has 2 heterocycles. The van der Waals surface area contributed by atoms with Gasteiger partial charge in [0.15, 0.2) is 0 Å². The van der Waals surface area contributed by atoms with E-state index in [2.05, 4.69) is 52.9 Å². The van der Waals surface area contributed by atoms with E-state index in [1.807, 2.05) is 12.1 Å². The average molecular weight is 352 g/mol. The number of aromatic nitrogens is 1. The summed E-state index contributed by atoms with van der Waals surface area (Å²) in [5.41, 5.74) is 8.43. The fourth-order valence-corrected chi connectivity index (χ4v) is 3.38. The van der Waals surface area contributed by atoms with Gasteiger partial charge >= 0.3 is 0 Å². The average Bonchev–Trinajstić information content (AvgIpc) is 2.64. The third kappa shape index (κ3) is 4.82. The summed E-state index contributed by atoms with van der Waals surface area (Å²) in [7, 11) is 0. The highest BCUT2D eigenvalue weighted by Crippen LogP contribution is 2.16. The highest BCUT2D eigenvalue weighted by atomic mass is 16.1. The summed E-state index contributed by atoms with van der Waals surface area (Å²) in [6, 6.07) is 14.5. The number of amides is 1. The van der Waals surface area contributed by atoms with Crippen LogP contribution in [-0.2, 0) is 13.0 Å². The number of anilines is 1. The molecule has 5 heteroatoms. The van der Waals surface area contributed by atoms with Crippen molar-refractivity contribution in [3.63, 3.8) is 0 Å². The first-order chi connectivity index (χ1) is 12.5. The molecule has 26 heavy (non-hydrogen) atoms. The first kappa shape index (κ1) is 18.4. The Bertz CT molecular complexity index is 734. The van der Waals surface area contributed by atoms with Crippen LogP contribution in [0.1, 0.15) is 35.5 Å². The molecule has 1 fully saturated rings. The van der Waals surface area contributed by atoms with Gasteiger partial charge in [0, 0.05) is 32.7 Å². The van der Waals surface area contributed by atoms with E-state index in [1.54, 1.807) is 6.07 Å². The third-order valence-electron chi connectivity index (χ3n) is 4.76. The van der Waals surface area contributed by atoms with Gasteiger partial charge in [-0.1, -0.05) is 44.2 Å². The van der Waals surface area contributed by atoms with Gasteiger partial charge in [0.2, 0.25) is 0 Å². The highest BCUT2D eigenvalue weighted by Gasteiger charge is 2.18. The van der Waals surface area contributed by atoms with Crippen molar-refractivity contribution in [3.8, 4) is 0 Å². The van der Waals surface area contributed by atoms with E-state index in [9.17, 15) is 4.79 Å². The first-order valence-electron chi connectivity index (χ1n) is 9.33. The van der Waals surface area contributed by atoms with Crippen molar-refractivity contribution in [2.75, 3.05) is 31.1 Å². The monoisotopic (exact) mass is 352 g/mol. The molecule has 2 N–H and O–H groups in total. The van der Waals surface area contributed by atoms with Gasteiger partial charge in [-0.05, 0) is 35.6 Å². The SMILES string of the molecule is CC(C)Cc1ccc(CN2CCN(c3cccc(C(N)=O)n3)CC2)cc1. The fraction of sp³-hybridized carbons (Fsp3) is 0.429. The minimum atomic E-state index is -0.480. The van der Waals surface area contributed by atoms with Gasteiger partial charge in [-0.15, -0.1) is 0 Å². The summed E-state index contributed by atoms with van der Waals surface area (Å²) in [5.74, 6) is 1.04. The van der Waals surface area contributed by atoms with Gasteiger partial charge < -0.3 is 10.6 Å². The number of nitrogens with two attached hydrogens (primary N) is 1. The molecule has 0 atom stereocenters. The molecule has 2 aromatic rings. The van der Waals surface area contributed by atoms with Crippen LogP contribution in [0.3, 0.4) is 0 Å². The van der Waals surface area contributed by atoms with Gasteiger partial charge in [0.25, 0.3) is 5.91 Å². The molecular weight excluding hydrogens is 324 g/mol. The Labute approximate surface area is 155 Å². The van der Waals surface area contributed by atoms with Gasteiger partial charge in [-0.25, -0.2) is 4.98 Å². The number of hydrogen-bond acceptors (Lipinski definition) is 4. The first-order valence-corrected chi connectivity index (χ1v) is 9.33. The summed E-state index contributed by atoms with van der Waals surface area (Å²) in [5, 5.41) is 0. The van der Waals surface area contributed by atoms with Crippen LogP contribution >= 0.6 is 0 Å².